The molecule has 0 fully saturated rings. The van der Waals surface area contributed by atoms with E-state index in [0.717, 1.165) is 6.54 Å². The number of Topliss-reactive ketones (excluding diaryl/α,β-unsaturated/α-hetero) is 1. The number of phenolic OH excluding ortho intramolecular Hbond substituents is 1. The number of hydrogen-bond acceptors (Lipinski definition) is 4. The zero-order valence-corrected chi connectivity index (χ0v) is 13.0. The number of thiophene rings is 1. The molecule has 20 heavy (non-hydrogen) atoms. The van der Waals surface area contributed by atoms with Crippen molar-refractivity contribution in [2.24, 2.45) is 0 Å². The van der Waals surface area contributed by atoms with Crippen LogP contribution in [0.4, 0.5) is 0 Å². The lowest BCUT2D eigenvalue weighted by Gasteiger charge is -2.18. The maximum absolute atomic E-state index is 11.5. The van der Waals surface area contributed by atoms with E-state index in [0.29, 0.717) is 17.1 Å². The van der Waals surface area contributed by atoms with Crippen molar-refractivity contribution in [1.29, 1.82) is 0 Å². The molecule has 0 saturated carbocycles. The summed E-state index contributed by atoms with van der Waals surface area (Å²) < 4.78 is 0. The first kappa shape index (κ1) is 15.0. The molecule has 0 aliphatic rings. The minimum Gasteiger partial charge on any atom is -0.507 e. The van der Waals surface area contributed by atoms with Gasteiger partial charge in [-0.05, 0) is 48.5 Å². The predicted octanol–water partition coefficient (Wildman–Crippen LogP) is 3.94. The first-order valence-electron chi connectivity index (χ1n) is 6.19. The van der Waals surface area contributed by atoms with Crippen molar-refractivity contribution < 1.29 is 9.90 Å². The Labute approximate surface area is 127 Å². The second-order valence-electron chi connectivity index (χ2n) is 4.82. The summed E-state index contributed by atoms with van der Waals surface area (Å²) in [5, 5.41) is 14.7. The maximum Gasteiger partial charge on any atom is 0.163 e. The lowest BCUT2D eigenvalue weighted by atomic mass is 10.1. The lowest BCUT2D eigenvalue weighted by molar-refractivity contribution is 0.101. The number of halogens is 1. The summed E-state index contributed by atoms with van der Waals surface area (Å²) in [6.45, 7) is 2.73. The summed E-state index contributed by atoms with van der Waals surface area (Å²) in [4.78, 5) is 13.5. The van der Waals surface area contributed by atoms with Crippen molar-refractivity contribution >= 4 is 28.7 Å². The van der Waals surface area contributed by atoms with Crippen LogP contribution in [0.25, 0.3) is 0 Å². The minimum absolute atomic E-state index is 0.0269. The lowest BCUT2D eigenvalue weighted by Crippen LogP contribution is -2.17. The fourth-order valence-corrected chi connectivity index (χ4v) is 2.99. The number of phenols is 1. The van der Waals surface area contributed by atoms with Crippen LogP contribution in [0.3, 0.4) is 0 Å². The molecule has 3 nitrogen and oxygen atoms in total. The molecule has 2 rings (SSSR count). The van der Waals surface area contributed by atoms with Crippen molar-refractivity contribution in [3.63, 3.8) is 0 Å². The average Bonchev–Trinajstić information content (AvgIpc) is 2.85. The monoisotopic (exact) mass is 309 g/mol. The molecule has 0 bridgehead atoms. The van der Waals surface area contributed by atoms with Gasteiger partial charge in [-0.3, -0.25) is 9.69 Å². The molecule has 0 saturated heterocycles. The van der Waals surface area contributed by atoms with Gasteiger partial charge in [0.05, 0.1) is 5.56 Å². The van der Waals surface area contributed by atoms with Crippen molar-refractivity contribution in [3.05, 3.63) is 50.7 Å². The Morgan fingerprint density at radius 1 is 1.40 bits per heavy atom. The molecule has 1 aromatic carbocycles. The molecule has 0 spiro atoms. The number of nitrogens with zero attached hydrogens (tertiary/aromatic N) is 1. The Bertz CT molecular complexity index is 611. The van der Waals surface area contributed by atoms with Crippen LogP contribution in [0.5, 0.6) is 5.75 Å². The van der Waals surface area contributed by atoms with Crippen LogP contribution in [0.2, 0.25) is 5.02 Å². The Balaban J connectivity index is 2.18. The van der Waals surface area contributed by atoms with Crippen LogP contribution >= 0.6 is 22.9 Å². The van der Waals surface area contributed by atoms with Gasteiger partial charge in [0.1, 0.15) is 5.75 Å². The van der Waals surface area contributed by atoms with E-state index in [1.165, 1.54) is 18.6 Å². The zero-order valence-electron chi connectivity index (χ0n) is 11.4. The third kappa shape index (κ3) is 3.60. The Morgan fingerprint density at radius 2 is 2.15 bits per heavy atom. The molecule has 1 N–H and O–H groups in total. The molecule has 0 atom stereocenters. The van der Waals surface area contributed by atoms with E-state index in [-0.39, 0.29) is 17.1 Å². The van der Waals surface area contributed by atoms with Crippen LogP contribution in [0.1, 0.15) is 28.4 Å². The molecule has 0 radical (unpaired) electrons. The highest BCUT2D eigenvalue weighted by Gasteiger charge is 2.14. The molecule has 0 aliphatic carbocycles. The van der Waals surface area contributed by atoms with Gasteiger partial charge in [-0.1, -0.05) is 11.6 Å². The minimum atomic E-state index is -0.188. The summed E-state index contributed by atoms with van der Waals surface area (Å²) in [5.74, 6) is -0.161. The summed E-state index contributed by atoms with van der Waals surface area (Å²) in [5.41, 5.74) is 2.17. The number of carbonyl (C=O) groups is 1. The fourth-order valence-electron chi connectivity index (χ4n) is 2.09. The van der Waals surface area contributed by atoms with E-state index in [2.05, 4.69) is 16.3 Å². The standard InChI is InChI=1S/C15H16ClNO2S/c1-10(18)14-6-13(16)5-12(15(14)19)8-17(2)7-11-3-4-20-9-11/h3-6,9,19H,7-8H2,1-2H3. The van der Waals surface area contributed by atoms with Crippen LogP contribution in [-0.4, -0.2) is 22.8 Å². The molecule has 1 aromatic heterocycles. The van der Waals surface area contributed by atoms with Gasteiger partial charge in [-0.15, -0.1) is 0 Å². The van der Waals surface area contributed by atoms with Gasteiger partial charge in [0.25, 0.3) is 0 Å². The van der Waals surface area contributed by atoms with Gasteiger partial charge in [0, 0.05) is 23.7 Å². The highest BCUT2D eigenvalue weighted by Crippen LogP contribution is 2.28. The Morgan fingerprint density at radius 3 is 2.75 bits per heavy atom. The second-order valence-corrected chi connectivity index (χ2v) is 6.04. The van der Waals surface area contributed by atoms with E-state index in [9.17, 15) is 9.90 Å². The van der Waals surface area contributed by atoms with E-state index < -0.39 is 0 Å². The zero-order chi connectivity index (χ0) is 14.7. The first-order valence-corrected chi connectivity index (χ1v) is 7.51. The number of benzene rings is 1. The summed E-state index contributed by atoms with van der Waals surface area (Å²) >= 11 is 7.67. The van der Waals surface area contributed by atoms with E-state index in [1.807, 2.05) is 12.4 Å². The van der Waals surface area contributed by atoms with Crippen molar-refractivity contribution in [3.8, 4) is 5.75 Å². The molecule has 0 aliphatic heterocycles. The molecular formula is C15H16ClNO2S. The third-order valence-electron chi connectivity index (χ3n) is 3.01. The number of hydrogen-bond donors (Lipinski definition) is 1. The number of ketones is 1. The number of carbonyl (C=O) groups excluding carboxylic acids is 1. The normalized spacial score (nSPS) is 11.0. The second kappa shape index (κ2) is 6.39. The molecule has 106 valence electrons. The van der Waals surface area contributed by atoms with Crippen LogP contribution in [0.15, 0.2) is 29.0 Å². The Kier molecular flexibility index (Phi) is 4.81. The molecule has 0 unspecified atom stereocenters. The predicted molar refractivity (Wildman–Crippen MR) is 82.6 cm³/mol. The van der Waals surface area contributed by atoms with Crippen molar-refractivity contribution in [2.45, 2.75) is 20.0 Å². The van der Waals surface area contributed by atoms with Crippen molar-refractivity contribution in [2.75, 3.05) is 7.05 Å². The summed E-state index contributed by atoms with van der Waals surface area (Å²) in [6.07, 6.45) is 0. The smallest absolute Gasteiger partial charge is 0.163 e. The van der Waals surface area contributed by atoms with Crippen LogP contribution in [0, 0.1) is 0 Å². The van der Waals surface area contributed by atoms with E-state index in [4.69, 9.17) is 11.6 Å². The average molecular weight is 310 g/mol. The number of rotatable bonds is 5. The largest absolute Gasteiger partial charge is 0.507 e. The summed E-state index contributed by atoms with van der Waals surface area (Å²) in [6, 6.07) is 5.27. The van der Waals surface area contributed by atoms with Gasteiger partial charge in [0.2, 0.25) is 0 Å². The van der Waals surface area contributed by atoms with Gasteiger partial charge < -0.3 is 5.11 Å². The summed E-state index contributed by atoms with van der Waals surface area (Å²) in [7, 11) is 1.96. The quantitative estimate of drug-likeness (QED) is 0.850. The van der Waals surface area contributed by atoms with Crippen molar-refractivity contribution in [1.82, 2.24) is 4.90 Å². The van der Waals surface area contributed by atoms with Gasteiger partial charge in [-0.25, -0.2) is 0 Å². The van der Waals surface area contributed by atoms with E-state index >= 15 is 0 Å². The maximum atomic E-state index is 11.5. The van der Waals surface area contributed by atoms with Gasteiger partial charge in [-0.2, -0.15) is 11.3 Å². The van der Waals surface area contributed by atoms with Gasteiger partial charge in [0.15, 0.2) is 5.78 Å². The van der Waals surface area contributed by atoms with Crippen LogP contribution in [-0.2, 0) is 13.1 Å². The Hall–Kier alpha value is -1.36. The van der Waals surface area contributed by atoms with E-state index in [1.54, 1.807) is 17.4 Å². The highest BCUT2D eigenvalue weighted by atomic mass is 35.5. The molecular weight excluding hydrogens is 294 g/mol. The van der Waals surface area contributed by atoms with Crippen LogP contribution < -0.4 is 0 Å². The molecule has 2 aromatic rings. The number of aromatic hydroxyl groups is 1. The molecule has 0 amide bonds. The topological polar surface area (TPSA) is 40.5 Å². The SMILES string of the molecule is CC(=O)c1cc(Cl)cc(CN(C)Cc2ccsc2)c1O. The first-order chi connectivity index (χ1) is 9.47. The highest BCUT2D eigenvalue weighted by molar-refractivity contribution is 7.07. The fraction of sp³-hybridized carbons (Fsp3) is 0.267. The molecule has 1 heterocycles. The molecule has 5 heteroatoms. The van der Waals surface area contributed by atoms with Gasteiger partial charge >= 0.3 is 0 Å². The third-order valence-corrected chi connectivity index (χ3v) is 3.96.